The number of alkyl halides is 1. The number of imidazole rings is 1. The summed E-state index contributed by atoms with van der Waals surface area (Å²) in [5.74, 6) is 0.234. The summed E-state index contributed by atoms with van der Waals surface area (Å²) in [4.78, 5) is 11.5. The second-order valence-electron chi connectivity index (χ2n) is 7.78. The SMILES string of the molecule is CCC(F)(CC)Cc1cnc(CC(C)(O)c2ccc(-c3ccc(F)cn3)cc2)[nH]1. The molecule has 29 heavy (non-hydrogen) atoms. The zero-order valence-corrected chi connectivity index (χ0v) is 17.0. The Morgan fingerprint density at radius 2 is 1.66 bits per heavy atom. The molecule has 0 amide bonds. The van der Waals surface area contributed by atoms with E-state index >= 15 is 0 Å². The summed E-state index contributed by atoms with van der Waals surface area (Å²) < 4.78 is 27.7. The van der Waals surface area contributed by atoms with Crippen LogP contribution in [0.25, 0.3) is 11.3 Å². The third-order valence-corrected chi connectivity index (χ3v) is 5.50. The van der Waals surface area contributed by atoms with Gasteiger partial charge in [0.1, 0.15) is 17.3 Å². The van der Waals surface area contributed by atoms with Gasteiger partial charge in [-0.15, -0.1) is 0 Å². The number of hydrogen-bond acceptors (Lipinski definition) is 3. The van der Waals surface area contributed by atoms with E-state index in [0.717, 1.165) is 16.8 Å². The van der Waals surface area contributed by atoms with Crippen molar-refractivity contribution in [3.63, 3.8) is 0 Å². The van der Waals surface area contributed by atoms with Gasteiger partial charge < -0.3 is 10.1 Å². The fourth-order valence-corrected chi connectivity index (χ4v) is 3.40. The first kappa shape index (κ1) is 21.1. The molecule has 2 heterocycles. The van der Waals surface area contributed by atoms with Crippen molar-refractivity contribution in [2.75, 3.05) is 0 Å². The minimum absolute atomic E-state index is 0.276. The lowest BCUT2D eigenvalue weighted by Crippen LogP contribution is -2.25. The Labute approximate surface area is 170 Å². The van der Waals surface area contributed by atoms with Crippen LogP contribution in [0.3, 0.4) is 0 Å². The van der Waals surface area contributed by atoms with Crippen LogP contribution in [0, 0.1) is 5.82 Å². The van der Waals surface area contributed by atoms with Gasteiger partial charge in [0, 0.05) is 30.3 Å². The summed E-state index contributed by atoms with van der Waals surface area (Å²) >= 11 is 0. The van der Waals surface area contributed by atoms with E-state index in [1.54, 1.807) is 19.2 Å². The summed E-state index contributed by atoms with van der Waals surface area (Å²) in [5, 5.41) is 11.0. The first-order valence-corrected chi connectivity index (χ1v) is 9.91. The van der Waals surface area contributed by atoms with Gasteiger partial charge in [0.05, 0.1) is 17.5 Å². The van der Waals surface area contributed by atoms with Crippen LogP contribution < -0.4 is 0 Å². The van der Waals surface area contributed by atoms with Crippen LogP contribution in [0.2, 0.25) is 0 Å². The van der Waals surface area contributed by atoms with Crippen molar-refractivity contribution in [2.45, 2.75) is 57.7 Å². The van der Waals surface area contributed by atoms with Crippen LogP contribution in [0.4, 0.5) is 8.78 Å². The molecule has 0 fully saturated rings. The maximum atomic E-state index is 14.6. The Morgan fingerprint density at radius 1 is 0.966 bits per heavy atom. The number of benzene rings is 1. The molecular weight excluding hydrogens is 372 g/mol. The number of nitrogens with one attached hydrogen (secondary N) is 1. The first-order valence-electron chi connectivity index (χ1n) is 9.91. The average Bonchev–Trinajstić information content (AvgIpc) is 3.14. The van der Waals surface area contributed by atoms with Gasteiger partial charge >= 0.3 is 0 Å². The minimum atomic E-state index is -1.24. The Hall–Kier alpha value is -2.60. The Balaban J connectivity index is 1.72. The number of pyridine rings is 1. The van der Waals surface area contributed by atoms with E-state index in [2.05, 4.69) is 15.0 Å². The van der Waals surface area contributed by atoms with Crippen molar-refractivity contribution in [3.8, 4) is 11.3 Å². The summed E-state index contributed by atoms with van der Waals surface area (Å²) in [7, 11) is 0. The lowest BCUT2D eigenvalue weighted by atomic mass is 9.91. The van der Waals surface area contributed by atoms with Crippen molar-refractivity contribution in [1.82, 2.24) is 15.0 Å². The zero-order valence-electron chi connectivity index (χ0n) is 17.0. The van der Waals surface area contributed by atoms with E-state index in [-0.39, 0.29) is 18.7 Å². The Bertz CT molecular complexity index is 930. The number of nitrogens with zero attached hydrogens (tertiary/aromatic N) is 2. The Kier molecular flexibility index (Phi) is 6.13. The molecule has 1 unspecified atom stereocenters. The van der Waals surface area contributed by atoms with E-state index in [0.29, 0.717) is 24.4 Å². The summed E-state index contributed by atoms with van der Waals surface area (Å²) in [5.41, 5.74) is 0.573. The third-order valence-electron chi connectivity index (χ3n) is 5.50. The van der Waals surface area contributed by atoms with Crippen molar-refractivity contribution in [2.24, 2.45) is 0 Å². The highest BCUT2D eigenvalue weighted by molar-refractivity contribution is 5.59. The van der Waals surface area contributed by atoms with E-state index < -0.39 is 11.3 Å². The average molecular weight is 399 g/mol. The number of aromatic amines is 1. The van der Waals surface area contributed by atoms with Gasteiger partial charge in [-0.3, -0.25) is 4.98 Å². The fraction of sp³-hybridized carbons (Fsp3) is 0.391. The van der Waals surface area contributed by atoms with Crippen LogP contribution >= 0.6 is 0 Å². The van der Waals surface area contributed by atoms with E-state index in [1.165, 1.54) is 12.3 Å². The molecule has 0 aliphatic rings. The number of H-pyrrole nitrogens is 1. The van der Waals surface area contributed by atoms with E-state index in [1.807, 2.05) is 38.1 Å². The van der Waals surface area contributed by atoms with Crippen LogP contribution in [0.15, 0.2) is 48.8 Å². The number of rotatable bonds is 8. The van der Waals surface area contributed by atoms with Crippen LogP contribution in [0.5, 0.6) is 0 Å². The summed E-state index contributed by atoms with van der Waals surface area (Å²) in [6, 6.07) is 10.3. The number of halogens is 2. The standard InChI is InChI=1S/C23H27F2N3O/c1-4-23(25,5-2)12-19-15-27-21(28-19)13-22(3,29)17-8-6-16(7-9-17)20-11-10-18(24)14-26-20/h6-11,14-15,29H,4-5,12-13H2,1-3H3,(H,27,28). The fourth-order valence-electron chi connectivity index (χ4n) is 3.40. The molecule has 2 N–H and O–H groups in total. The van der Waals surface area contributed by atoms with Crippen molar-refractivity contribution < 1.29 is 13.9 Å². The molecule has 0 bridgehead atoms. The molecule has 3 rings (SSSR count). The quantitative estimate of drug-likeness (QED) is 0.552. The van der Waals surface area contributed by atoms with E-state index in [4.69, 9.17) is 0 Å². The number of aromatic nitrogens is 3. The highest BCUT2D eigenvalue weighted by Gasteiger charge is 2.28. The van der Waals surface area contributed by atoms with Gasteiger partial charge in [-0.1, -0.05) is 38.1 Å². The van der Waals surface area contributed by atoms with Gasteiger partial charge in [0.2, 0.25) is 0 Å². The molecule has 1 atom stereocenters. The highest BCUT2D eigenvalue weighted by Crippen LogP contribution is 2.28. The normalized spacial score (nSPS) is 14.0. The largest absolute Gasteiger partial charge is 0.385 e. The molecule has 3 aromatic rings. The molecule has 0 radical (unpaired) electrons. The molecule has 2 aromatic heterocycles. The smallest absolute Gasteiger partial charge is 0.141 e. The monoisotopic (exact) mass is 399 g/mol. The molecule has 1 aromatic carbocycles. The molecule has 0 aliphatic carbocycles. The number of aliphatic hydroxyl groups is 1. The van der Waals surface area contributed by atoms with E-state index in [9.17, 15) is 13.9 Å². The predicted octanol–water partition coefficient (Wildman–Crippen LogP) is 5.13. The molecule has 0 saturated carbocycles. The Morgan fingerprint density at radius 3 is 2.24 bits per heavy atom. The molecule has 154 valence electrons. The van der Waals surface area contributed by atoms with Gasteiger partial charge in [0.15, 0.2) is 0 Å². The lowest BCUT2D eigenvalue weighted by molar-refractivity contribution is 0.0556. The van der Waals surface area contributed by atoms with Crippen LogP contribution in [-0.4, -0.2) is 25.7 Å². The summed E-state index contributed by atoms with van der Waals surface area (Å²) in [6.07, 6.45) is 4.29. The van der Waals surface area contributed by atoms with Gasteiger partial charge in [-0.25, -0.2) is 13.8 Å². The molecule has 0 saturated heterocycles. The third kappa shape index (κ3) is 5.07. The lowest BCUT2D eigenvalue weighted by Gasteiger charge is -2.23. The van der Waals surface area contributed by atoms with Gasteiger partial charge in [-0.05, 0) is 37.5 Å². The van der Waals surface area contributed by atoms with Gasteiger partial charge in [0.25, 0.3) is 0 Å². The molecule has 0 spiro atoms. The topological polar surface area (TPSA) is 61.8 Å². The highest BCUT2D eigenvalue weighted by atomic mass is 19.1. The minimum Gasteiger partial charge on any atom is -0.385 e. The zero-order chi connectivity index (χ0) is 21.1. The molecule has 4 nitrogen and oxygen atoms in total. The summed E-state index contributed by atoms with van der Waals surface area (Å²) in [6.45, 7) is 5.41. The predicted molar refractivity (Wildman–Crippen MR) is 110 cm³/mol. The van der Waals surface area contributed by atoms with Crippen molar-refractivity contribution in [1.29, 1.82) is 0 Å². The van der Waals surface area contributed by atoms with Crippen LogP contribution in [-0.2, 0) is 18.4 Å². The maximum Gasteiger partial charge on any atom is 0.141 e. The first-order chi connectivity index (χ1) is 13.7. The molecular formula is C23H27F2N3O. The molecule has 6 heteroatoms. The van der Waals surface area contributed by atoms with Crippen molar-refractivity contribution in [3.05, 3.63) is 71.7 Å². The van der Waals surface area contributed by atoms with Gasteiger partial charge in [-0.2, -0.15) is 0 Å². The number of hydrogen-bond donors (Lipinski definition) is 2. The molecule has 0 aliphatic heterocycles. The second-order valence-corrected chi connectivity index (χ2v) is 7.78. The second kappa shape index (κ2) is 8.41. The maximum absolute atomic E-state index is 14.6. The van der Waals surface area contributed by atoms with Crippen molar-refractivity contribution >= 4 is 0 Å². The van der Waals surface area contributed by atoms with Crippen LogP contribution in [0.1, 0.15) is 50.7 Å².